The topological polar surface area (TPSA) is 0 Å². The average Bonchev–Trinajstić information content (AvgIpc) is 3.22. The Morgan fingerprint density at radius 3 is 1.44 bits per heavy atom. The van der Waals surface area contributed by atoms with E-state index in [1.54, 1.807) is 15.6 Å². The van der Waals surface area contributed by atoms with Gasteiger partial charge in [-0.2, -0.15) is 0 Å². The van der Waals surface area contributed by atoms with Gasteiger partial charge in [0.2, 0.25) is 0 Å². The van der Waals surface area contributed by atoms with E-state index in [4.69, 9.17) is 0 Å². The highest BCUT2D eigenvalue weighted by atomic mass is 28.3. The first-order chi connectivity index (χ1) is 15.9. The van der Waals surface area contributed by atoms with Crippen LogP contribution in [0.2, 0.25) is 5.54 Å². The lowest BCUT2D eigenvalue weighted by Gasteiger charge is -2.45. The van der Waals surface area contributed by atoms with Gasteiger partial charge in [0.15, 0.2) is 8.07 Å². The van der Waals surface area contributed by atoms with Crippen molar-refractivity contribution in [2.24, 2.45) is 23.7 Å². The molecule has 1 heteroatoms. The molecular formula is C31H32Si. The fourth-order valence-corrected chi connectivity index (χ4v) is 13.9. The van der Waals surface area contributed by atoms with E-state index >= 15 is 0 Å². The van der Waals surface area contributed by atoms with Gasteiger partial charge in [0.05, 0.1) is 0 Å². The zero-order valence-corrected chi connectivity index (χ0v) is 19.7. The number of hydrogen-bond acceptors (Lipinski definition) is 0. The second-order valence-corrected chi connectivity index (χ2v) is 14.0. The Kier molecular flexibility index (Phi) is 5.23. The number of benzene rings is 3. The van der Waals surface area contributed by atoms with Crippen LogP contribution in [-0.2, 0) is 0 Å². The van der Waals surface area contributed by atoms with Crippen LogP contribution in [0, 0.1) is 23.7 Å². The molecule has 2 saturated carbocycles. The van der Waals surface area contributed by atoms with Crippen molar-refractivity contribution in [1.29, 1.82) is 0 Å². The number of hydrogen-bond donors (Lipinski definition) is 0. The van der Waals surface area contributed by atoms with Crippen LogP contribution in [0.25, 0.3) is 0 Å². The van der Waals surface area contributed by atoms with Gasteiger partial charge < -0.3 is 0 Å². The van der Waals surface area contributed by atoms with E-state index in [0.717, 1.165) is 11.8 Å². The standard InChI is InChI=1S/C31H32Si/c1-4-14-24(15-5-1)32(25-16-6-2-7-17-25,26-18-8-3-9-19-26)31-29-22-12-10-20-27(29)28-21-11-13-23-30(28)31/h1-10,12,14-20,22,27-31H,11,13,21,23H2. The van der Waals surface area contributed by atoms with Crippen LogP contribution in [0.4, 0.5) is 0 Å². The van der Waals surface area contributed by atoms with Crippen molar-refractivity contribution in [2.75, 3.05) is 0 Å². The number of fused-ring (bicyclic) bond motifs is 3. The third kappa shape index (κ3) is 3.02. The Hall–Kier alpha value is -2.64. The van der Waals surface area contributed by atoms with Crippen molar-refractivity contribution >= 4 is 23.6 Å². The van der Waals surface area contributed by atoms with E-state index in [0.29, 0.717) is 17.4 Å². The molecule has 6 rings (SSSR count). The second-order valence-electron chi connectivity index (χ2n) is 9.97. The highest BCUT2D eigenvalue weighted by Crippen LogP contribution is 2.60. The third-order valence-corrected chi connectivity index (χ3v) is 14.2. The summed E-state index contributed by atoms with van der Waals surface area (Å²) in [6.45, 7) is 0. The maximum Gasteiger partial charge on any atom is 0.152 e. The minimum absolute atomic E-state index is 0.639. The SMILES string of the molecule is C1=CC2C(C=C1)C([Si](c1ccccc1)(c1ccccc1)c1ccccc1)C1CCCCC21. The summed E-state index contributed by atoms with van der Waals surface area (Å²) in [4.78, 5) is 0. The van der Waals surface area contributed by atoms with Crippen molar-refractivity contribution in [3.05, 3.63) is 115 Å². The Morgan fingerprint density at radius 2 is 0.938 bits per heavy atom. The van der Waals surface area contributed by atoms with Crippen molar-refractivity contribution in [2.45, 2.75) is 31.2 Å². The maximum atomic E-state index is 2.59. The first kappa shape index (κ1) is 20.0. The predicted octanol–water partition coefficient (Wildman–Crippen LogP) is 5.71. The van der Waals surface area contributed by atoms with E-state index in [2.05, 4.69) is 115 Å². The summed E-state index contributed by atoms with van der Waals surface area (Å²) in [5.74, 6) is 2.99. The first-order valence-corrected chi connectivity index (χ1v) is 14.5. The molecule has 0 aliphatic heterocycles. The van der Waals surface area contributed by atoms with Crippen LogP contribution in [0.3, 0.4) is 0 Å². The summed E-state index contributed by atoms with van der Waals surface area (Å²) in [7, 11) is -2.29. The van der Waals surface area contributed by atoms with E-state index < -0.39 is 8.07 Å². The highest BCUT2D eigenvalue weighted by molar-refractivity contribution is 7.12. The van der Waals surface area contributed by atoms with Gasteiger partial charge in [0.25, 0.3) is 0 Å². The van der Waals surface area contributed by atoms with Gasteiger partial charge in [-0.25, -0.2) is 0 Å². The van der Waals surface area contributed by atoms with Gasteiger partial charge in [-0.05, 0) is 51.2 Å². The van der Waals surface area contributed by atoms with Crippen molar-refractivity contribution in [1.82, 2.24) is 0 Å². The average molecular weight is 433 g/mol. The molecule has 0 nitrogen and oxygen atoms in total. The van der Waals surface area contributed by atoms with Crippen LogP contribution in [-0.4, -0.2) is 8.07 Å². The van der Waals surface area contributed by atoms with Gasteiger partial charge in [-0.15, -0.1) is 0 Å². The van der Waals surface area contributed by atoms with Gasteiger partial charge >= 0.3 is 0 Å². The maximum absolute atomic E-state index is 2.59. The molecule has 0 bridgehead atoms. The van der Waals surface area contributed by atoms with Gasteiger partial charge in [0.1, 0.15) is 0 Å². The Labute approximate surface area is 193 Å². The summed E-state index contributed by atoms with van der Waals surface area (Å²) < 4.78 is 0. The largest absolute Gasteiger partial charge is 0.152 e. The quantitative estimate of drug-likeness (QED) is 0.366. The molecule has 5 unspecified atom stereocenters. The molecule has 0 radical (unpaired) electrons. The molecule has 0 aromatic heterocycles. The lowest BCUT2D eigenvalue weighted by Crippen LogP contribution is -2.71. The molecule has 0 N–H and O–H groups in total. The smallest absolute Gasteiger partial charge is 0.0808 e. The Morgan fingerprint density at radius 1 is 0.500 bits per heavy atom. The molecule has 2 fully saturated rings. The molecule has 32 heavy (non-hydrogen) atoms. The first-order valence-electron chi connectivity index (χ1n) is 12.4. The third-order valence-electron chi connectivity index (χ3n) is 8.65. The summed E-state index contributed by atoms with van der Waals surface area (Å²) in [5.41, 5.74) is 0.686. The van der Waals surface area contributed by atoms with Crippen molar-refractivity contribution in [3.63, 3.8) is 0 Å². The molecule has 0 heterocycles. The molecular weight excluding hydrogens is 400 g/mol. The molecule has 0 amide bonds. The molecule has 5 atom stereocenters. The minimum atomic E-state index is -2.29. The van der Waals surface area contributed by atoms with Crippen molar-refractivity contribution in [3.8, 4) is 0 Å². The van der Waals surface area contributed by atoms with E-state index in [-0.39, 0.29) is 0 Å². The molecule has 160 valence electrons. The fourth-order valence-electron chi connectivity index (χ4n) is 7.62. The zero-order chi connectivity index (χ0) is 21.4. The van der Waals surface area contributed by atoms with Crippen LogP contribution >= 0.6 is 0 Å². The predicted molar refractivity (Wildman–Crippen MR) is 138 cm³/mol. The molecule has 3 aromatic rings. The summed E-state index contributed by atoms with van der Waals surface area (Å²) >= 11 is 0. The van der Waals surface area contributed by atoms with Crippen LogP contribution < -0.4 is 15.6 Å². The van der Waals surface area contributed by atoms with Gasteiger partial charge in [-0.3, -0.25) is 0 Å². The van der Waals surface area contributed by atoms with E-state index in [1.807, 2.05) is 0 Å². The monoisotopic (exact) mass is 432 g/mol. The van der Waals surface area contributed by atoms with Crippen LogP contribution in [0.5, 0.6) is 0 Å². The van der Waals surface area contributed by atoms with Crippen LogP contribution in [0.1, 0.15) is 25.7 Å². The summed E-state index contributed by atoms with van der Waals surface area (Å²) in [5, 5.41) is 4.74. The number of rotatable bonds is 4. The van der Waals surface area contributed by atoms with E-state index in [9.17, 15) is 0 Å². The summed E-state index contributed by atoms with van der Waals surface area (Å²) in [6.07, 6.45) is 15.4. The summed E-state index contributed by atoms with van der Waals surface area (Å²) in [6, 6.07) is 34.8. The Balaban J connectivity index is 1.67. The minimum Gasteiger partial charge on any atom is -0.0808 e. The molecule has 3 aliphatic rings. The molecule has 0 saturated heterocycles. The Bertz CT molecular complexity index is 1000. The zero-order valence-electron chi connectivity index (χ0n) is 18.7. The highest BCUT2D eigenvalue weighted by Gasteiger charge is 2.59. The number of allylic oxidation sites excluding steroid dienone is 4. The lowest BCUT2D eigenvalue weighted by atomic mass is 9.77. The van der Waals surface area contributed by atoms with Gasteiger partial charge in [0, 0.05) is 0 Å². The molecule has 0 spiro atoms. The molecule has 3 aliphatic carbocycles. The fraction of sp³-hybridized carbons (Fsp3) is 0.290. The van der Waals surface area contributed by atoms with Gasteiger partial charge in [-0.1, -0.05) is 135 Å². The lowest BCUT2D eigenvalue weighted by molar-refractivity contribution is 0.247. The van der Waals surface area contributed by atoms with Crippen molar-refractivity contribution < 1.29 is 0 Å². The van der Waals surface area contributed by atoms with Crippen LogP contribution in [0.15, 0.2) is 115 Å². The van der Waals surface area contributed by atoms with E-state index in [1.165, 1.54) is 25.7 Å². The second kappa shape index (κ2) is 8.37. The normalized spacial score (nSPS) is 28.8. The molecule has 3 aromatic carbocycles.